The third kappa shape index (κ3) is 3.91. The van der Waals surface area contributed by atoms with E-state index in [0.717, 1.165) is 5.56 Å². The molecule has 0 radical (unpaired) electrons. The first-order valence-electron chi connectivity index (χ1n) is 8.24. The lowest BCUT2D eigenvalue weighted by Gasteiger charge is -2.19. The lowest BCUT2D eigenvalue weighted by Crippen LogP contribution is -2.26. The molecule has 0 spiro atoms. The number of benzene rings is 1. The number of carbonyl (C=O) groups excluding carboxylic acids is 2. The molecule has 0 unspecified atom stereocenters. The molecule has 26 heavy (non-hydrogen) atoms. The van der Waals surface area contributed by atoms with Gasteiger partial charge in [0.15, 0.2) is 6.29 Å². The average molecular weight is 352 g/mol. The van der Waals surface area contributed by atoms with Crippen molar-refractivity contribution < 1.29 is 19.1 Å². The van der Waals surface area contributed by atoms with Crippen LogP contribution >= 0.6 is 0 Å². The van der Waals surface area contributed by atoms with Crippen LogP contribution in [0.25, 0.3) is 10.9 Å². The monoisotopic (exact) mass is 352 g/mol. The van der Waals surface area contributed by atoms with Gasteiger partial charge >= 0.3 is 6.09 Å². The van der Waals surface area contributed by atoms with E-state index in [1.807, 2.05) is 30.3 Å². The van der Waals surface area contributed by atoms with Gasteiger partial charge in [-0.25, -0.2) is 9.78 Å². The number of pyridine rings is 1. The van der Waals surface area contributed by atoms with Gasteiger partial charge in [0.05, 0.1) is 11.7 Å². The van der Waals surface area contributed by atoms with E-state index in [9.17, 15) is 9.59 Å². The van der Waals surface area contributed by atoms with Crippen LogP contribution in [0.15, 0.2) is 48.8 Å². The summed E-state index contributed by atoms with van der Waals surface area (Å²) in [5, 5.41) is 0.587. The summed E-state index contributed by atoms with van der Waals surface area (Å²) in [7, 11) is 0. The summed E-state index contributed by atoms with van der Waals surface area (Å²) in [5.41, 5.74) is 1.24. The van der Waals surface area contributed by atoms with Crippen molar-refractivity contribution in [1.29, 1.82) is 0 Å². The molecule has 0 bridgehead atoms. The van der Waals surface area contributed by atoms with Crippen LogP contribution in [-0.4, -0.2) is 27.5 Å². The largest absolute Gasteiger partial charge is 0.473 e. The highest BCUT2D eigenvalue weighted by atomic mass is 16.6. The predicted octanol–water partition coefficient (Wildman–Crippen LogP) is 4.21. The molecule has 6 nitrogen and oxygen atoms in total. The fourth-order valence-electron chi connectivity index (χ4n) is 2.50. The number of ether oxygens (including phenoxy) is 2. The van der Waals surface area contributed by atoms with E-state index in [2.05, 4.69) is 4.98 Å². The Morgan fingerprint density at radius 3 is 2.62 bits per heavy atom. The van der Waals surface area contributed by atoms with Gasteiger partial charge in [-0.05, 0) is 26.3 Å². The van der Waals surface area contributed by atoms with E-state index in [1.54, 1.807) is 26.8 Å². The van der Waals surface area contributed by atoms with Crippen LogP contribution in [0.4, 0.5) is 4.79 Å². The third-order valence-electron chi connectivity index (χ3n) is 3.64. The van der Waals surface area contributed by atoms with E-state index < -0.39 is 11.7 Å². The molecule has 6 heteroatoms. The predicted molar refractivity (Wildman–Crippen MR) is 97.5 cm³/mol. The van der Waals surface area contributed by atoms with Crippen molar-refractivity contribution in [1.82, 2.24) is 9.55 Å². The lowest BCUT2D eigenvalue weighted by atomic mass is 10.2. The van der Waals surface area contributed by atoms with Gasteiger partial charge < -0.3 is 9.47 Å². The Kier molecular flexibility index (Phi) is 4.75. The van der Waals surface area contributed by atoms with Gasteiger partial charge in [-0.3, -0.25) is 9.36 Å². The van der Waals surface area contributed by atoms with Crippen molar-refractivity contribution in [2.75, 3.05) is 0 Å². The lowest BCUT2D eigenvalue weighted by molar-refractivity contribution is 0.0544. The molecule has 134 valence electrons. The van der Waals surface area contributed by atoms with Crippen molar-refractivity contribution in [3.8, 4) is 5.88 Å². The Labute approximate surface area is 151 Å². The molecule has 3 rings (SSSR count). The van der Waals surface area contributed by atoms with Crippen LogP contribution in [0.5, 0.6) is 5.88 Å². The summed E-state index contributed by atoms with van der Waals surface area (Å²) in [5.74, 6) is 0.381. The molecule has 0 aliphatic rings. The van der Waals surface area contributed by atoms with Crippen LogP contribution in [-0.2, 0) is 11.3 Å². The number of hydrogen-bond acceptors (Lipinski definition) is 5. The van der Waals surface area contributed by atoms with E-state index in [1.165, 1.54) is 17.0 Å². The zero-order chi connectivity index (χ0) is 18.7. The minimum atomic E-state index is -0.638. The van der Waals surface area contributed by atoms with Gasteiger partial charge in [-0.15, -0.1) is 0 Å². The highest BCUT2D eigenvalue weighted by Crippen LogP contribution is 2.25. The molecular weight excluding hydrogens is 332 g/mol. The Bertz CT molecular complexity index is 940. The first kappa shape index (κ1) is 17.7. The molecule has 0 amide bonds. The van der Waals surface area contributed by atoms with Crippen LogP contribution in [0.1, 0.15) is 36.7 Å². The fraction of sp³-hybridized carbons (Fsp3) is 0.250. The van der Waals surface area contributed by atoms with Crippen LogP contribution in [0.2, 0.25) is 0 Å². The summed E-state index contributed by atoms with van der Waals surface area (Å²) in [6.07, 6.45) is 3.10. The molecule has 1 aromatic carbocycles. The van der Waals surface area contributed by atoms with Gasteiger partial charge in [-0.2, -0.15) is 0 Å². The van der Waals surface area contributed by atoms with Gasteiger partial charge in [0.25, 0.3) is 0 Å². The topological polar surface area (TPSA) is 70.4 Å². The number of rotatable bonds is 4. The molecule has 0 saturated heterocycles. The van der Waals surface area contributed by atoms with Gasteiger partial charge in [0.1, 0.15) is 12.2 Å². The zero-order valence-corrected chi connectivity index (χ0v) is 14.9. The second-order valence-corrected chi connectivity index (χ2v) is 6.87. The average Bonchev–Trinajstić information content (AvgIpc) is 2.97. The second kappa shape index (κ2) is 7.00. The molecule has 0 atom stereocenters. The van der Waals surface area contributed by atoms with Crippen LogP contribution < -0.4 is 4.74 Å². The molecule has 2 heterocycles. The molecule has 0 fully saturated rings. The molecule has 3 aromatic rings. The Morgan fingerprint density at radius 2 is 1.96 bits per heavy atom. The summed E-state index contributed by atoms with van der Waals surface area (Å²) >= 11 is 0. The van der Waals surface area contributed by atoms with Crippen molar-refractivity contribution in [2.24, 2.45) is 0 Å². The first-order valence-corrected chi connectivity index (χ1v) is 8.24. The van der Waals surface area contributed by atoms with E-state index in [0.29, 0.717) is 35.2 Å². The smallest absolute Gasteiger partial charge is 0.419 e. The van der Waals surface area contributed by atoms with Gasteiger partial charge in [0, 0.05) is 23.2 Å². The Morgan fingerprint density at radius 1 is 1.23 bits per heavy atom. The molecule has 0 N–H and O–H groups in total. The summed E-state index contributed by atoms with van der Waals surface area (Å²) in [6, 6.07) is 11.4. The Balaban J connectivity index is 1.89. The third-order valence-corrected chi connectivity index (χ3v) is 3.64. The van der Waals surface area contributed by atoms with Gasteiger partial charge in [0.2, 0.25) is 5.88 Å². The number of aldehydes is 1. The molecule has 0 aliphatic heterocycles. The minimum absolute atomic E-state index is 0.364. The van der Waals surface area contributed by atoms with Crippen LogP contribution in [0.3, 0.4) is 0 Å². The van der Waals surface area contributed by atoms with Crippen molar-refractivity contribution >= 4 is 23.3 Å². The summed E-state index contributed by atoms with van der Waals surface area (Å²) in [4.78, 5) is 28.0. The van der Waals surface area contributed by atoms with Crippen molar-refractivity contribution in [3.63, 3.8) is 0 Å². The number of nitrogens with zero attached hydrogens (tertiary/aromatic N) is 2. The highest BCUT2D eigenvalue weighted by molar-refractivity contribution is 6.01. The Hall–Kier alpha value is -3.15. The van der Waals surface area contributed by atoms with E-state index >= 15 is 0 Å². The molecule has 0 saturated carbocycles. The number of aromatic nitrogens is 2. The summed E-state index contributed by atoms with van der Waals surface area (Å²) < 4.78 is 12.4. The number of carbonyl (C=O) groups is 2. The molecule has 2 aromatic heterocycles. The van der Waals surface area contributed by atoms with Crippen molar-refractivity contribution in [3.05, 3.63) is 59.9 Å². The SMILES string of the molecule is CC(C)(C)OC(=O)n1cc(C=O)c2cc(OCc3ccccc3)ncc21. The maximum absolute atomic E-state index is 12.4. The molecule has 0 aliphatic carbocycles. The molecular formula is C20H20N2O4. The van der Waals surface area contributed by atoms with Crippen LogP contribution in [0, 0.1) is 0 Å². The van der Waals surface area contributed by atoms with Crippen molar-refractivity contribution in [2.45, 2.75) is 33.0 Å². The number of fused-ring (bicyclic) bond motifs is 1. The highest BCUT2D eigenvalue weighted by Gasteiger charge is 2.21. The standard InChI is InChI=1S/C20H20N2O4/c1-20(2,3)26-19(24)22-11-15(12-23)16-9-18(21-10-17(16)22)25-13-14-7-5-4-6-8-14/h4-12H,13H2,1-3H3. The fourth-order valence-corrected chi connectivity index (χ4v) is 2.50. The normalized spacial score (nSPS) is 11.3. The van der Waals surface area contributed by atoms with E-state index in [4.69, 9.17) is 9.47 Å². The quantitative estimate of drug-likeness (QED) is 0.658. The zero-order valence-electron chi connectivity index (χ0n) is 14.9. The minimum Gasteiger partial charge on any atom is -0.473 e. The van der Waals surface area contributed by atoms with Gasteiger partial charge in [-0.1, -0.05) is 30.3 Å². The summed E-state index contributed by atoms with van der Waals surface area (Å²) in [6.45, 7) is 5.71. The maximum Gasteiger partial charge on any atom is 0.419 e. The number of hydrogen-bond donors (Lipinski definition) is 0. The first-order chi connectivity index (χ1) is 12.4. The van der Waals surface area contributed by atoms with E-state index in [-0.39, 0.29) is 0 Å². The maximum atomic E-state index is 12.4. The second-order valence-electron chi connectivity index (χ2n) is 6.87.